The molecule has 0 aromatic heterocycles. The van der Waals surface area contributed by atoms with Crippen molar-refractivity contribution in [2.24, 2.45) is 0 Å². The highest BCUT2D eigenvalue weighted by atomic mass is 16.3. The largest absolute Gasteiger partial charge is 0.456 e. The molecule has 0 unspecified atom stereocenters. The summed E-state index contributed by atoms with van der Waals surface area (Å²) in [6, 6.07) is 17.9. The number of hydrogen-bond donors (Lipinski definition) is 2. The van der Waals surface area contributed by atoms with Crippen LogP contribution in [0.2, 0.25) is 0 Å². The molecule has 24 heavy (non-hydrogen) atoms. The third-order valence-corrected chi connectivity index (χ3v) is 4.17. The first-order valence-electron chi connectivity index (χ1n) is 7.62. The molecule has 0 saturated heterocycles. The number of fused-ring (bicyclic) bond motifs is 2. The minimum absolute atomic E-state index is 0.0696. The second kappa shape index (κ2) is 5.51. The Balaban J connectivity index is 2.21. The minimum atomic E-state index is -0.115. The van der Waals surface area contributed by atoms with Gasteiger partial charge in [-0.3, -0.25) is 4.79 Å². The van der Waals surface area contributed by atoms with Crippen LogP contribution in [-0.2, 0) is 6.61 Å². The zero-order valence-electron chi connectivity index (χ0n) is 12.8. The fraction of sp³-hybridized carbons (Fsp3) is 0.0500. The summed E-state index contributed by atoms with van der Waals surface area (Å²) in [4.78, 5) is 11.7. The van der Waals surface area contributed by atoms with Crippen LogP contribution in [0.5, 0.6) is 0 Å². The van der Waals surface area contributed by atoms with Crippen LogP contribution < -0.4 is 11.2 Å². The molecular formula is C20H15NO3. The van der Waals surface area contributed by atoms with E-state index in [4.69, 9.17) is 10.2 Å². The lowest BCUT2D eigenvalue weighted by molar-refractivity contribution is 0.282. The predicted molar refractivity (Wildman–Crippen MR) is 94.9 cm³/mol. The lowest BCUT2D eigenvalue weighted by Crippen LogP contribution is -2.01. The highest BCUT2D eigenvalue weighted by molar-refractivity contribution is 6.03. The Bertz CT molecular complexity index is 1080. The lowest BCUT2D eigenvalue weighted by Gasteiger charge is -2.17. The summed E-state index contributed by atoms with van der Waals surface area (Å²) in [6.45, 7) is -0.0696. The van der Waals surface area contributed by atoms with Gasteiger partial charge in [-0.2, -0.15) is 0 Å². The van der Waals surface area contributed by atoms with Crippen molar-refractivity contribution in [3.8, 4) is 22.5 Å². The van der Waals surface area contributed by atoms with Crippen molar-refractivity contribution in [2.75, 3.05) is 5.73 Å². The molecule has 1 aliphatic carbocycles. The SMILES string of the molecule is Nc1ccc2c(-c3ccccc3CO)c3ccc(=O)cc-3oc2c1. The van der Waals surface area contributed by atoms with E-state index in [1.54, 1.807) is 12.1 Å². The van der Waals surface area contributed by atoms with Crippen LogP contribution in [0.3, 0.4) is 0 Å². The second-order valence-corrected chi connectivity index (χ2v) is 5.71. The van der Waals surface area contributed by atoms with Gasteiger partial charge >= 0.3 is 0 Å². The minimum Gasteiger partial charge on any atom is -0.456 e. The van der Waals surface area contributed by atoms with E-state index < -0.39 is 0 Å². The number of hydrogen-bond acceptors (Lipinski definition) is 4. The fourth-order valence-electron chi connectivity index (χ4n) is 3.08. The first kappa shape index (κ1) is 14.5. The van der Waals surface area contributed by atoms with Crippen LogP contribution >= 0.6 is 0 Å². The number of benzene rings is 3. The van der Waals surface area contributed by atoms with E-state index >= 15 is 0 Å². The van der Waals surface area contributed by atoms with Crippen molar-refractivity contribution in [3.63, 3.8) is 0 Å². The standard InChI is InChI=1S/C20H15NO3/c21-13-5-7-16-18(9-13)24-19-10-14(23)6-8-17(19)20(16)15-4-2-1-3-12(15)11-22/h1-10,22H,11,21H2. The summed E-state index contributed by atoms with van der Waals surface area (Å²) in [5.74, 6) is 0.503. The Hall–Kier alpha value is -3.11. The van der Waals surface area contributed by atoms with Crippen LogP contribution in [0, 0.1) is 0 Å². The summed E-state index contributed by atoms with van der Waals surface area (Å²) < 4.78 is 5.90. The Morgan fingerprint density at radius 1 is 0.958 bits per heavy atom. The van der Waals surface area contributed by atoms with Crippen LogP contribution in [0.1, 0.15) is 5.56 Å². The quantitative estimate of drug-likeness (QED) is 0.437. The molecule has 0 fully saturated rings. The molecule has 118 valence electrons. The first-order valence-corrected chi connectivity index (χ1v) is 7.62. The van der Waals surface area contributed by atoms with E-state index in [9.17, 15) is 9.90 Å². The van der Waals surface area contributed by atoms with Gasteiger partial charge in [-0.1, -0.05) is 24.3 Å². The zero-order valence-corrected chi connectivity index (χ0v) is 12.8. The zero-order chi connectivity index (χ0) is 16.7. The van der Waals surface area contributed by atoms with E-state index in [1.807, 2.05) is 36.4 Å². The van der Waals surface area contributed by atoms with Crippen molar-refractivity contribution in [1.29, 1.82) is 0 Å². The van der Waals surface area contributed by atoms with Crippen molar-refractivity contribution in [1.82, 2.24) is 0 Å². The molecule has 0 atom stereocenters. The van der Waals surface area contributed by atoms with Gasteiger partial charge in [-0.25, -0.2) is 0 Å². The number of nitrogen functional groups attached to an aromatic ring is 1. The van der Waals surface area contributed by atoms with E-state index in [2.05, 4.69) is 0 Å². The molecule has 2 aromatic carbocycles. The predicted octanol–water partition coefficient (Wildman–Crippen LogP) is 3.64. The molecule has 3 N–H and O–H groups in total. The van der Waals surface area contributed by atoms with Crippen molar-refractivity contribution >= 4 is 16.7 Å². The molecule has 0 radical (unpaired) electrons. The monoisotopic (exact) mass is 317 g/mol. The van der Waals surface area contributed by atoms with Crippen LogP contribution in [-0.4, -0.2) is 5.11 Å². The maximum Gasteiger partial charge on any atom is 0.182 e. The van der Waals surface area contributed by atoms with Gasteiger partial charge in [0.25, 0.3) is 0 Å². The molecule has 2 aliphatic rings. The highest BCUT2D eigenvalue weighted by Crippen LogP contribution is 2.41. The van der Waals surface area contributed by atoms with Crippen molar-refractivity contribution in [2.45, 2.75) is 6.61 Å². The van der Waals surface area contributed by atoms with Gasteiger partial charge in [0.05, 0.1) is 6.61 Å². The molecule has 0 saturated carbocycles. The molecular weight excluding hydrogens is 302 g/mol. The Morgan fingerprint density at radius 2 is 1.79 bits per heavy atom. The normalized spacial score (nSPS) is 11.2. The number of aliphatic hydroxyl groups is 1. The van der Waals surface area contributed by atoms with Gasteiger partial charge in [0.2, 0.25) is 0 Å². The Kier molecular flexibility index (Phi) is 3.32. The number of anilines is 1. The molecule has 0 amide bonds. The number of nitrogens with two attached hydrogens (primary N) is 1. The molecule has 2 aromatic rings. The fourth-order valence-corrected chi connectivity index (χ4v) is 3.08. The Morgan fingerprint density at radius 3 is 2.62 bits per heavy atom. The van der Waals surface area contributed by atoms with Gasteiger partial charge in [-0.15, -0.1) is 0 Å². The van der Waals surface area contributed by atoms with Crippen molar-refractivity contribution < 1.29 is 9.52 Å². The van der Waals surface area contributed by atoms with Crippen LogP contribution in [0.4, 0.5) is 5.69 Å². The number of aliphatic hydroxyl groups excluding tert-OH is 1. The van der Waals surface area contributed by atoms with Crippen LogP contribution in [0.15, 0.2) is 69.9 Å². The molecule has 1 aliphatic heterocycles. The molecule has 1 heterocycles. The van der Waals surface area contributed by atoms with Crippen LogP contribution in [0.25, 0.3) is 33.4 Å². The number of rotatable bonds is 2. The molecule has 4 nitrogen and oxygen atoms in total. The van der Waals surface area contributed by atoms with Gasteiger partial charge in [-0.05, 0) is 35.4 Å². The summed E-state index contributed by atoms with van der Waals surface area (Å²) in [6.07, 6.45) is 0. The topological polar surface area (TPSA) is 76.5 Å². The van der Waals surface area contributed by atoms with E-state index in [-0.39, 0.29) is 12.0 Å². The van der Waals surface area contributed by atoms with Gasteiger partial charge in [0.1, 0.15) is 11.3 Å². The van der Waals surface area contributed by atoms with E-state index in [0.717, 1.165) is 27.6 Å². The smallest absolute Gasteiger partial charge is 0.182 e. The average molecular weight is 317 g/mol. The maximum atomic E-state index is 11.7. The summed E-state index contributed by atoms with van der Waals surface area (Å²) in [7, 11) is 0. The lowest BCUT2D eigenvalue weighted by atomic mass is 9.91. The van der Waals surface area contributed by atoms with Gasteiger partial charge in [0.15, 0.2) is 5.43 Å². The summed E-state index contributed by atoms with van der Waals surface area (Å²) in [5, 5.41) is 10.6. The summed E-state index contributed by atoms with van der Waals surface area (Å²) >= 11 is 0. The Labute approximate surface area is 138 Å². The van der Waals surface area contributed by atoms with Gasteiger partial charge < -0.3 is 15.3 Å². The molecule has 0 spiro atoms. The molecule has 4 rings (SSSR count). The van der Waals surface area contributed by atoms with Crippen molar-refractivity contribution in [3.05, 3.63) is 76.5 Å². The van der Waals surface area contributed by atoms with E-state index in [0.29, 0.717) is 17.0 Å². The highest BCUT2D eigenvalue weighted by Gasteiger charge is 2.18. The summed E-state index contributed by atoms with van der Waals surface area (Å²) in [5.41, 5.74) is 10.4. The second-order valence-electron chi connectivity index (χ2n) is 5.71. The molecule has 4 heteroatoms. The maximum absolute atomic E-state index is 11.7. The first-order chi connectivity index (χ1) is 11.7. The third kappa shape index (κ3) is 2.25. The molecule has 0 bridgehead atoms. The third-order valence-electron chi connectivity index (χ3n) is 4.17. The average Bonchev–Trinajstić information content (AvgIpc) is 2.59. The van der Waals surface area contributed by atoms with E-state index in [1.165, 1.54) is 12.1 Å². The van der Waals surface area contributed by atoms with Gasteiger partial charge in [0, 0.05) is 34.3 Å².